The lowest BCUT2D eigenvalue weighted by molar-refractivity contribution is -0.121. The van der Waals surface area contributed by atoms with Crippen molar-refractivity contribution in [3.05, 3.63) is 30.1 Å². The Morgan fingerprint density at radius 1 is 1.15 bits per heavy atom. The van der Waals surface area contributed by atoms with Crippen LogP contribution in [0.3, 0.4) is 0 Å². The van der Waals surface area contributed by atoms with Crippen molar-refractivity contribution in [3.8, 4) is 5.75 Å². The van der Waals surface area contributed by atoms with Gasteiger partial charge in [0.2, 0.25) is 5.91 Å². The van der Waals surface area contributed by atoms with E-state index in [1.807, 2.05) is 7.05 Å². The highest BCUT2D eigenvalue weighted by Gasteiger charge is 2.00. The Balaban J connectivity index is 1.97. The van der Waals surface area contributed by atoms with E-state index in [2.05, 4.69) is 10.6 Å². The number of hydrogen-bond donors (Lipinski definition) is 2. The molecule has 1 amide bonds. The summed E-state index contributed by atoms with van der Waals surface area (Å²) >= 11 is 0. The number of amides is 1. The van der Waals surface area contributed by atoms with E-state index >= 15 is 0 Å². The van der Waals surface area contributed by atoms with E-state index in [4.69, 9.17) is 4.74 Å². The van der Waals surface area contributed by atoms with Crippen molar-refractivity contribution in [1.29, 1.82) is 0 Å². The average molecular weight is 282 g/mol. The van der Waals surface area contributed by atoms with Gasteiger partial charge in [-0.3, -0.25) is 4.79 Å². The Kier molecular flexibility index (Phi) is 8.38. The first-order valence-corrected chi connectivity index (χ1v) is 7.02. The number of unbranched alkanes of at least 4 members (excludes halogenated alkanes) is 1. The molecule has 0 heterocycles. The lowest BCUT2D eigenvalue weighted by atomic mass is 10.2. The second-order valence-corrected chi connectivity index (χ2v) is 4.57. The van der Waals surface area contributed by atoms with Crippen molar-refractivity contribution < 1.29 is 13.9 Å². The van der Waals surface area contributed by atoms with Crippen molar-refractivity contribution in [3.63, 3.8) is 0 Å². The Morgan fingerprint density at radius 2 is 1.90 bits per heavy atom. The third-order valence-corrected chi connectivity index (χ3v) is 2.81. The number of hydrogen-bond acceptors (Lipinski definition) is 3. The van der Waals surface area contributed by atoms with Crippen LogP contribution in [0.25, 0.3) is 0 Å². The maximum Gasteiger partial charge on any atom is 0.220 e. The molecule has 0 aliphatic heterocycles. The van der Waals surface area contributed by atoms with Gasteiger partial charge in [-0.25, -0.2) is 4.39 Å². The molecule has 20 heavy (non-hydrogen) atoms. The Labute approximate surface area is 119 Å². The zero-order chi connectivity index (χ0) is 14.6. The SMILES string of the molecule is CNCCCC(=O)NCCCCOc1ccc(F)cc1. The first-order valence-electron chi connectivity index (χ1n) is 7.02. The highest BCUT2D eigenvalue weighted by molar-refractivity contribution is 5.75. The summed E-state index contributed by atoms with van der Waals surface area (Å²) in [5.74, 6) is 0.500. The second-order valence-electron chi connectivity index (χ2n) is 4.57. The van der Waals surface area contributed by atoms with Crippen LogP contribution in [0.2, 0.25) is 0 Å². The summed E-state index contributed by atoms with van der Waals surface area (Å²) in [5, 5.41) is 5.88. The Hall–Kier alpha value is -1.62. The standard InChI is InChI=1S/C15H23FN2O2/c1-17-10-4-5-15(19)18-11-2-3-12-20-14-8-6-13(16)7-9-14/h6-9,17H,2-5,10-12H2,1H3,(H,18,19). The minimum absolute atomic E-state index is 0.0969. The van der Waals surface area contributed by atoms with Crippen LogP contribution in [0.15, 0.2) is 24.3 Å². The number of halogens is 1. The quantitative estimate of drug-likeness (QED) is 0.646. The summed E-state index contributed by atoms with van der Waals surface area (Å²) in [6, 6.07) is 5.97. The first kappa shape index (κ1) is 16.4. The maximum atomic E-state index is 12.7. The first-order chi connectivity index (χ1) is 9.72. The van der Waals surface area contributed by atoms with Crippen molar-refractivity contribution >= 4 is 5.91 Å². The van der Waals surface area contributed by atoms with Crippen LogP contribution in [-0.2, 0) is 4.79 Å². The van der Waals surface area contributed by atoms with E-state index < -0.39 is 0 Å². The molecule has 0 atom stereocenters. The van der Waals surface area contributed by atoms with Gasteiger partial charge in [-0.15, -0.1) is 0 Å². The van der Waals surface area contributed by atoms with Crippen LogP contribution in [0.1, 0.15) is 25.7 Å². The fourth-order valence-electron chi connectivity index (χ4n) is 1.69. The number of rotatable bonds is 10. The lowest BCUT2D eigenvalue weighted by Gasteiger charge is -2.07. The summed E-state index contributed by atoms with van der Waals surface area (Å²) in [5.41, 5.74) is 0. The number of carbonyl (C=O) groups is 1. The Bertz CT molecular complexity index is 382. The fraction of sp³-hybridized carbons (Fsp3) is 0.533. The average Bonchev–Trinajstić information content (AvgIpc) is 2.45. The molecule has 0 unspecified atom stereocenters. The van der Waals surface area contributed by atoms with Gasteiger partial charge in [-0.2, -0.15) is 0 Å². The van der Waals surface area contributed by atoms with Gasteiger partial charge in [0, 0.05) is 13.0 Å². The Morgan fingerprint density at radius 3 is 2.60 bits per heavy atom. The normalized spacial score (nSPS) is 10.3. The second kappa shape index (κ2) is 10.2. The van der Waals surface area contributed by atoms with Crippen LogP contribution in [0, 0.1) is 5.82 Å². The highest BCUT2D eigenvalue weighted by atomic mass is 19.1. The monoisotopic (exact) mass is 282 g/mol. The van der Waals surface area contributed by atoms with Crippen LogP contribution in [0.4, 0.5) is 4.39 Å². The molecule has 0 radical (unpaired) electrons. The van der Waals surface area contributed by atoms with Crippen LogP contribution >= 0.6 is 0 Å². The minimum atomic E-state index is -0.265. The summed E-state index contributed by atoms with van der Waals surface area (Å²) in [6.07, 6.45) is 3.15. The van der Waals surface area contributed by atoms with Gasteiger partial charge in [-0.1, -0.05) is 0 Å². The molecule has 0 saturated carbocycles. The molecule has 2 N–H and O–H groups in total. The largest absolute Gasteiger partial charge is 0.494 e. The van der Waals surface area contributed by atoms with E-state index in [1.165, 1.54) is 12.1 Å². The molecular weight excluding hydrogens is 259 g/mol. The number of benzene rings is 1. The van der Waals surface area contributed by atoms with E-state index in [0.717, 1.165) is 25.8 Å². The molecule has 0 spiro atoms. The molecular formula is C15H23FN2O2. The van der Waals surface area contributed by atoms with Gasteiger partial charge < -0.3 is 15.4 Å². The molecule has 0 aliphatic rings. The molecule has 0 bridgehead atoms. The van der Waals surface area contributed by atoms with Crippen molar-refractivity contribution in [2.75, 3.05) is 26.7 Å². The van der Waals surface area contributed by atoms with Gasteiger partial charge in [0.05, 0.1) is 6.61 Å². The highest BCUT2D eigenvalue weighted by Crippen LogP contribution is 2.11. The molecule has 4 nitrogen and oxygen atoms in total. The van der Waals surface area contributed by atoms with Gasteiger partial charge in [0.25, 0.3) is 0 Å². The zero-order valence-electron chi connectivity index (χ0n) is 12.0. The number of nitrogens with one attached hydrogen (secondary N) is 2. The van der Waals surface area contributed by atoms with Crippen molar-refractivity contribution in [2.24, 2.45) is 0 Å². The van der Waals surface area contributed by atoms with E-state index in [9.17, 15) is 9.18 Å². The molecule has 1 aromatic rings. The third kappa shape index (κ3) is 7.74. The van der Waals surface area contributed by atoms with Crippen LogP contribution in [0.5, 0.6) is 5.75 Å². The topological polar surface area (TPSA) is 50.4 Å². The lowest BCUT2D eigenvalue weighted by Crippen LogP contribution is -2.25. The summed E-state index contributed by atoms with van der Waals surface area (Å²) in [7, 11) is 1.87. The van der Waals surface area contributed by atoms with Gasteiger partial charge in [0.15, 0.2) is 0 Å². The summed E-state index contributed by atoms with van der Waals surface area (Å²) in [4.78, 5) is 11.4. The van der Waals surface area contributed by atoms with Gasteiger partial charge in [0.1, 0.15) is 11.6 Å². The van der Waals surface area contributed by atoms with E-state index in [0.29, 0.717) is 25.3 Å². The zero-order valence-corrected chi connectivity index (χ0v) is 12.0. The predicted molar refractivity (Wildman–Crippen MR) is 77.3 cm³/mol. The number of ether oxygens (including phenoxy) is 1. The molecule has 0 aliphatic carbocycles. The molecule has 0 fully saturated rings. The molecule has 1 aromatic carbocycles. The molecule has 5 heteroatoms. The molecule has 0 saturated heterocycles. The van der Waals surface area contributed by atoms with Crippen LogP contribution < -0.4 is 15.4 Å². The predicted octanol–water partition coefficient (Wildman–Crippen LogP) is 2.10. The van der Waals surface area contributed by atoms with E-state index in [1.54, 1.807) is 12.1 Å². The maximum absolute atomic E-state index is 12.7. The van der Waals surface area contributed by atoms with Crippen LogP contribution in [-0.4, -0.2) is 32.7 Å². The summed E-state index contributed by atoms with van der Waals surface area (Å²) < 4.78 is 18.1. The fourth-order valence-corrected chi connectivity index (χ4v) is 1.69. The number of carbonyl (C=O) groups excluding carboxylic acids is 1. The molecule has 0 aromatic heterocycles. The van der Waals surface area contributed by atoms with Crippen molar-refractivity contribution in [2.45, 2.75) is 25.7 Å². The summed E-state index contributed by atoms with van der Waals surface area (Å²) in [6.45, 7) is 2.10. The minimum Gasteiger partial charge on any atom is -0.494 e. The molecule has 112 valence electrons. The smallest absolute Gasteiger partial charge is 0.220 e. The van der Waals surface area contributed by atoms with Gasteiger partial charge >= 0.3 is 0 Å². The third-order valence-electron chi connectivity index (χ3n) is 2.81. The van der Waals surface area contributed by atoms with E-state index in [-0.39, 0.29) is 11.7 Å². The van der Waals surface area contributed by atoms with Gasteiger partial charge in [-0.05, 0) is 57.1 Å². The molecule has 1 rings (SSSR count). The van der Waals surface area contributed by atoms with Crippen molar-refractivity contribution in [1.82, 2.24) is 10.6 Å².